The summed E-state index contributed by atoms with van der Waals surface area (Å²) >= 11 is 0. The smallest absolute Gasteiger partial charge is 0.0654 e. The zero-order valence-electron chi connectivity index (χ0n) is 15.8. The van der Waals surface area contributed by atoms with Crippen LogP contribution in [0.1, 0.15) is 72.6 Å². The summed E-state index contributed by atoms with van der Waals surface area (Å²) in [7, 11) is 3.56. The van der Waals surface area contributed by atoms with Gasteiger partial charge in [0.25, 0.3) is 0 Å². The van der Waals surface area contributed by atoms with E-state index in [4.69, 9.17) is 14.2 Å². The van der Waals surface area contributed by atoms with Crippen molar-refractivity contribution in [3.05, 3.63) is 0 Å². The molecule has 0 aliphatic heterocycles. The van der Waals surface area contributed by atoms with E-state index in [1.807, 2.05) is 0 Å². The van der Waals surface area contributed by atoms with Crippen LogP contribution >= 0.6 is 0 Å². The molecule has 1 saturated carbocycles. The van der Waals surface area contributed by atoms with Crippen LogP contribution in [0.4, 0.5) is 0 Å². The highest BCUT2D eigenvalue weighted by atomic mass is 16.5. The highest BCUT2D eigenvalue weighted by Crippen LogP contribution is 2.44. The van der Waals surface area contributed by atoms with E-state index in [9.17, 15) is 0 Å². The SMILES string of the molecule is CCC(C)(C)C(COC)(COC)COC1(C)CCCCCC1. The molecule has 0 heterocycles. The molecule has 3 heteroatoms. The highest BCUT2D eigenvalue weighted by Gasteiger charge is 2.46. The molecule has 1 aliphatic rings. The zero-order chi connectivity index (χ0) is 16.7. The van der Waals surface area contributed by atoms with Gasteiger partial charge in [-0.2, -0.15) is 0 Å². The minimum Gasteiger partial charge on any atom is -0.384 e. The Balaban J connectivity index is 2.87. The lowest BCUT2D eigenvalue weighted by Gasteiger charge is -2.47. The predicted octanol–water partition coefficient (Wildman–Crippen LogP) is 4.83. The van der Waals surface area contributed by atoms with Crippen LogP contribution in [0.5, 0.6) is 0 Å². The van der Waals surface area contributed by atoms with E-state index >= 15 is 0 Å². The van der Waals surface area contributed by atoms with Crippen LogP contribution in [0, 0.1) is 10.8 Å². The van der Waals surface area contributed by atoms with Gasteiger partial charge in [-0.15, -0.1) is 0 Å². The summed E-state index contributed by atoms with van der Waals surface area (Å²) in [6.07, 6.45) is 8.71. The van der Waals surface area contributed by atoms with Crippen molar-refractivity contribution >= 4 is 0 Å². The van der Waals surface area contributed by atoms with Gasteiger partial charge in [0.05, 0.1) is 25.4 Å². The van der Waals surface area contributed by atoms with Gasteiger partial charge in [-0.3, -0.25) is 0 Å². The van der Waals surface area contributed by atoms with Crippen LogP contribution in [-0.2, 0) is 14.2 Å². The molecule has 0 aromatic rings. The average molecular weight is 315 g/mol. The van der Waals surface area contributed by atoms with Gasteiger partial charge in [-0.05, 0) is 25.2 Å². The molecular formula is C19H38O3. The molecule has 1 aliphatic carbocycles. The van der Waals surface area contributed by atoms with E-state index in [0.29, 0.717) is 19.8 Å². The normalized spacial score (nSPS) is 19.9. The van der Waals surface area contributed by atoms with Crippen molar-refractivity contribution in [1.29, 1.82) is 0 Å². The second-order valence-corrected chi connectivity index (χ2v) is 8.04. The number of methoxy groups -OCH3 is 2. The molecule has 3 nitrogen and oxygen atoms in total. The molecule has 0 amide bonds. The lowest BCUT2D eigenvalue weighted by atomic mass is 9.65. The average Bonchev–Trinajstić information content (AvgIpc) is 2.70. The maximum absolute atomic E-state index is 6.55. The zero-order valence-corrected chi connectivity index (χ0v) is 15.8. The van der Waals surface area contributed by atoms with Crippen LogP contribution in [-0.4, -0.2) is 39.6 Å². The molecule has 0 aromatic heterocycles. The third-order valence-electron chi connectivity index (χ3n) is 6.02. The fraction of sp³-hybridized carbons (Fsp3) is 1.00. The van der Waals surface area contributed by atoms with Crippen molar-refractivity contribution in [2.24, 2.45) is 10.8 Å². The molecule has 0 radical (unpaired) electrons. The van der Waals surface area contributed by atoms with Gasteiger partial charge in [0.15, 0.2) is 0 Å². The molecular weight excluding hydrogens is 276 g/mol. The van der Waals surface area contributed by atoms with Crippen LogP contribution in [0.15, 0.2) is 0 Å². The van der Waals surface area contributed by atoms with Gasteiger partial charge in [-0.25, -0.2) is 0 Å². The maximum Gasteiger partial charge on any atom is 0.0654 e. The first-order valence-electron chi connectivity index (χ1n) is 8.97. The Morgan fingerprint density at radius 2 is 1.36 bits per heavy atom. The number of rotatable bonds is 9. The van der Waals surface area contributed by atoms with Crippen molar-refractivity contribution in [3.63, 3.8) is 0 Å². The Morgan fingerprint density at radius 3 is 1.77 bits per heavy atom. The summed E-state index contributed by atoms with van der Waals surface area (Å²) in [5.41, 5.74) is 0.0354. The quantitative estimate of drug-likeness (QED) is 0.570. The summed E-state index contributed by atoms with van der Waals surface area (Å²) in [5.74, 6) is 0. The second-order valence-electron chi connectivity index (χ2n) is 8.04. The Bertz CT molecular complexity index is 298. The molecule has 0 atom stereocenters. The van der Waals surface area contributed by atoms with Crippen LogP contribution in [0.2, 0.25) is 0 Å². The summed E-state index contributed by atoms with van der Waals surface area (Å²) < 4.78 is 17.7. The van der Waals surface area contributed by atoms with Gasteiger partial charge < -0.3 is 14.2 Å². The van der Waals surface area contributed by atoms with Gasteiger partial charge in [0, 0.05) is 19.6 Å². The molecule has 0 saturated heterocycles. The van der Waals surface area contributed by atoms with E-state index in [1.54, 1.807) is 14.2 Å². The fourth-order valence-electron chi connectivity index (χ4n) is 3.57. The van der Waals surface area contributed by atoms with Crippen molar-refractivity contribution < 1.29 is 14.2 Å². The van der Waals surface area contributed by atoms with Crippen LogP contribution in [0.3, 0.4) is 0 Å². The first-order chi connectivity index (χ1) is 10.3. The molecule has 132 valence electrons. The molecule has 0 unspecified atom stereocenters. The Kier molecular flexibility index (Phi) is 7.84. The summed E-state index contributed by atoms with van der Waals surface area (Å²) in [5, 5.41) is 0. The summed E-state index contributed by atoms with van der Waals surface area (Å²) in [4.78, 5) is 0. The van der Waals surface area contributed by atoms with Crippen molar-refractivity contribution in [1.82, 2.24) is 0 Å². The van der Waals surface area contributed by atoms with E-state index in [2.05, 4.69) is 27.7 Å². The fourth-order valence-corrected chi connectivity index (χ4v) is 3.57. The van der Waals surface area contributed by atoms with E-state index in [0.717, 1.165) is 6.42 Å². The Hall–Kier alpha value is -0.120. The molecule has 22 heavy (non-hydrogen) atoms. The second kappa shape index (κ2) is 8.65. The van der Waals surface area contributed by atoms with E-state index in [-0.39, 0.29) is 16.4 Å². The van der Waals surface area contributed by atoms with Crippen LogP contribution < -0.4 is 0 Å². The highest BCUT2D eigenvalue weighted by molar-refractivity contribution is 4.93. The van der Waals surface area contributed by atoms with Crippen molar-refractivity contribution in [2.45, 2.75) is 78.2 Å². The minimum atomic E-state index is -0.0967. The van der Waals surface area contributed by atoms with Crippen LogP contribution in [0.25, 0.3) is 0 Å². The van der Waals surface area contributed by atoms with E-state index < -0.39 is 0 Å². The van der Waals surface area contributed by atoms with E-state index in [1.165, 1.54) is 38.5 Å². The molecule has 1 rings (SSSR count). The number of ether oxygens (including phenoxy) is 3. The predicted molar refractivity (Wildman–Crippen MR) is 92.3 cm³/mol. The molecule has 0 spiro atoms. The van der Waals surface area contributed by atoms with Gasteiger partial charge >= 0.3 is 0 Å². The largest absolute Gasteiger partial charge is 0.384 e. The minimum absolute atomic E-state index is 0.0209. The van der Waals surface area contributed by atoms with Gasteiger partial charge in [0.2, 0.25) is 0 Å². The number of hydrogen-bond donors (Lipinski definition) is 0. The monoisotopic (exact) mass is 314 g/mol. The third kappa shape index (κ3) is 4.94. The topological polar surface area (TPSA) is 27.7 Å². The lowest BCUT2D eigenvalue weighted by molar-refractivity contribution is -0.156. The third-order valence-corrected chi connectivity index (χ3v) is 6.02. The Labute approximate surface area is 138 Å². The van der Waals surface area contributed by atoms with Gasteiger partial charge in [-0.1, -0.05) is 52.9 Å². The first-order valence-corrected chi connectivity index (χ1v) is 8.97. The van der Waals surface area contributed by atoms with Crippen molar-refractivity contribution in [2.75, 3.05) is 34.0 Å². The standard InChI is InChI=1S/C19H38O3/c1-7-17(2,3)19(14-20-5,15-21-6)16-22-18(4)12-10-8-9-11-13-18/h7-16H2,1-6H3. The van der Waals surface area contributed by atoms with Gasteiger partial charge in [0.1, 0.15) is 0 Å². The summed E-state index contributed by atoms with van der Waals surface area (Å²) in [6, 6.07) is 0. The molecule has 0 N–H and O–H groups in total. The van der Waals surface area contributed by atoms with Crippen molar-refractivity contribution in [3.8, 4) is 0 Å². The molecule has 1 fully saturated rings. The summed E-state index contributed by atoms with van der Waals surface area (Å²) in [6.45, 7) is 11.2. The maximum atomic E-state index is 6.55. The first kappa shape index (κ1) is 19.9. The Morgan fingerprint density at radius 1 is 0.864 bits per heavy atom. The lowest BCUT2D eigenvalue weighted by Crippen LogP contribution is -2.50. The molecule has 0 aromatic carbocycles. The molecule has 0 bridgehead atoms. The number of hydrogen-bond acceptors (Lipinski definition) is 3.